The van der Waals surface area contributed by atoms with Gasteiger partial charge in [-0.05, 0) is 40.2 Å². The van der Waals surface area contributed by atoms with Crippen LogP contribution < -0.4 is 0 Å². The summed E-state index contributed by atoms with van der Waals surface area (Å²) in [5, 5.41) is 1.90. The summed E-state index contributed by atoms with van der Waals surface area (Å²) in [7, 11) is 0. The molecule has 0 aliphatic heterocycles. The third-order valence-electron chi connectivity index (χ3n) is 1.74. The van der Waals surface area contributed by atoms with Crippen molar-refractivity contribution in [3.8, 4) is 0 Å². The van der Waals surface area contributed by atoms with E-state index in [0.29, 0.717) is 14.6 Å². The smallest absolute Gasteiger partial charge is 0.147 e. The van der Waals surface area contributed by atoms with Gasteiger partial charge >= 0.3 is 0 Å². The fourth-order valence-electron chi connectivity index (χ4n) is 1.02. The quantitative estimate of drug-likeness (QED) is 0.744. The van der Waals surface area contributed by atoms with Gasteiger partial charge in [0.25, 0.3) is 0 Å². The van der Waals surface area contributed by atoms with Gasteiger partial charge in [0.2, 0.25) is 0 Å². The first-order valence-corrected chi connectivity index (χ1v) is 6.63. The Balaban J connectivity index is 2.27. The van der Waals surface area contributed by atoms with Gasteiger partial charge in [-0.15, -0.1) is 0 Å². The molecule has 0 fully saturated rings. The highest BCUT2D eigenvalue weighted by Crippen LogP contribution is 2.34. The third-order valence-corrected chi connectivity index (χ3v) is 4.53. The van der Waals surface area contributed by atoms with Crippen LogP contribution in [0.5, 0.6) is 0 Å². The van der Waals surface area contributed by atoms with Crippen molar-refractivity contribution in [2.45, 2.75) is 9.92 Å². The predicted octanol–water partition coefficient (Wildman–Crippen LogP) is 4.70. The molecule has 0 radical (unpaired) electrons. The van der Waals surface area contributed by atoms with Gasteiger partial charge in [-0.25, -0.2) is 9.97 Å². The van der Waals surface area contributed by atoms with E-state index in [4.69, 9.17) is 23.2 Å². The van der Waals surface area contributed by atoms with Crippen LogP contribution in [0.1, 0.15) is 0 Å². The van der Waals surface area contributed by atoms with Crippen LogP contribution >= 0.6 is 50.9 Å². The van der Waals surface area contributed by atoms with Crippen molar-refractivity contribution < 1.29 is 0 Å². The van der Waals surface area contributed by atoms with Crippen LogP contribution in [0.2, 0.25) is 10.2 Å². The molecule has 0 saturated heterocycles. The van der Waals surface area contributed by atoms with Crippen molar-refractivity contribution in [2.24, 2.45) is 0 Å². The Morgan fingerprint density at radius 2 is 1.75 bits per heavy atom. The van der Waals surface area contributed by atoms with Crippen LogP contribution in [0.4, 0.5) is 0 Å². The first-order valence-electron chi connectivity index (χ1n) is 4.26. The van der Waals surface area contributed by atoms with Crippen molar-refractivity contribution in [3.05, 3.63) is 45.2 Å². The van der Waals surface area contributed by atoms with E-state index in [-0.39, 0.29) is 0 Å². The topological polar surface area (TPSA) is 25.8 Å². The molecule has 82 valence electrons. The molecule has 0 saturated carbocycles. The maximum atomic E-state index is 5.87. The van der Waals surface area contributed by atoms with E-state index in [0.717, 1.165) is 9.92 Å². The van der Waals surface area contributed by atoms with E-state index in [1.54, 1.807) is 0 Å². The van der Waals surface area contributed by atoms with Gasteiger partial charge in [-0.1, -0.05) is 35.0 Å². The lowest BCUT2D eigenvalue weighted by Crippen LogP contribution is -1.86. The van der Waals surface area contributed by atoms with Gasteiger partial charge in [0.15, 0.2) is 0 Å². The minimum atomic E-state index is 0.409. The number of halogens is 3. The number of rotatable bonds is 2. The van der Waals surface area contributed by atoms with E-state index in [9.17, 15) is 0 Å². The van der Waals surface area contributed by atoms with Crippen molar-refractivity contribution in [1.29, 1.82) is 0 Å². The minimum Gasteiger partial charge on any atom is -0.228 e. The second-order valence-electron chi connectivity index (χ2n) is 2.84. The zero-order valence-electron chi connectivity index (χ0n) is 7.82. The van der Waals surface area contributed by atoms with E-state index >= 15 is 0 Å². The Kier molecular flexibility index (Phi) is 4.08. The van der Waals surface area contributed by atoms with Crippen molar-refractivity contribution in [3.63, 3.8) is 0 Å². The number of hydrogen-bond acceptors (Lipinski definition) is 3. The molecule has 0 amide bonds. The first kappa shape index (κ1) is 12.2. The number of nitrogens with zero attached hydrogens (tertiary/aromatic N) is 2. The van der Waals surface area contributed by atoms with Crippen LogP contribution in [-0.2, 0) is 0 Å². The van der Waals surface area contributed by atoms with Crippen LogP contribution in [0.15, 0.2) is 45.0 Å². The SMILES string of the molecule is Clc1ccc(Sc2ncnc(Cl)c2Br)cc1. The molecule has 1 aromatic carbocycles. The average Bonchev–Trinajstić information content (AvgIpc) is 2.28. The average molecular weight is 336 g/mol. The largest absolute Gasteiger partial charge is 0.228 e. The van der Waals surface area contributed by atoms with Gasteiger partial charge in [0, 0.05) is 9.92 Å². The number of hydrogen-bond donors (Lipinski definition) is 0. The Bertz CT molecular complexity index is 505. The monoisotopic (exact) mass is 334 g/mol. The lowest BCUT2D eigenvalue weighted by Gasteiger charge is -2.03. The van der Waals surface area contributed by atoms with E-state index < -0.39 is 0 Å². The first-order chi connectivity index (χ1) is 7.66. The summed E-state index contributed by atoms with van der Waals surface area (Å²) in [4.78, 5) is 9.05. The van der Waals surface area contributed by atoms with Gasteiger partial charge in [0.05, 0.1) is 4.47 Å². The van der Waals surface area contributed by atoms with Crippen molar-refractivity contribution in [2.75, 3.05) is 0 Å². The zero-order chi connectivity index (χ0) is 11.5. The predicted molar refractivity (Wildman–Crippen MR) is 70.3 cm³/mol. The highest BCUT2D eigenvalue weighted by atomic mass is 79.9. The molecule has 1 aromatic heterocycles. The molecule has 0 aliphatic rings. The third kappa shape index (κ3) is 2.88. The maximum absolute atomic E-state index is 5.87. The molecule has 6 heteroatoms. The molecule has 0 bridgehead atoms. The molecular formula is C10H5BrCl2N2S. The van der Waals surface area contributed by atoms with Gasteiger partial charge in [-0.3, -0.25) is 0 Å². The summed E-state index contributed by atoms with van der Waals surface area (Å²) in [5.74, 6) is 0. The normalized spacial score (nSPS) is 10.4. The second-order valence-corrected chi connectivity index (χ2v) is 5.49. The molecule has 2 nitrogen and oxygen atoms in total. The zero-order valence-corrected chi connectivity index (χ0v) is 11.7. The van der Waals surface area contributed by atoms with E-state index in [2.05, 4.69) is 25.9 Å². The van der Waals surface area contributed by atoms with Crippen LogP contribution in [0, 0.1) is 0 Å². The Labute approximate surface area is 116 Å². The summed E-state index contributed by atoms with van der Waals surface area (Å²) in [5.41, 5.74) is 0. The molecule has 0 atom stereocenters. The molecule has 0 unspecified atom stereocenters. The Morgan fingerprint density at radius 3 is 2.44 bits per heavy atom. The molecule has 0 N–H and O–H groups in total. The van der Waals surface area contributed by atoms with E-state index in [1.807, 2.05) is 24.3 Å². The van der Waals surface area contributed by atoms with Gasteiger partial charge in [0.1, 0.15) is 16.5 Å². The van der Waals surface area contributed by atoms with Crippen molar-refractivity contribution >= 4 is 50.9 Å². The molecule has 0 spiro atoms. The van der Waals surface area contributed by atoms with Crippen LogP contribution in [-0.4, -0.2) is 9.97 Å². The Morgan fingerprint density at radius 1 is 1.06 bits per heavy atom. The highest BCUT2D eigenvalue weighted by Gasteiger charge is 2.08. The summed E-state index contributed by atoms with van der Waals surface area (Å²) in [6.07, 6.45) is 1.44. The summed E-state index contributed by atoms with van der Waals surface area (Å²) >= 11 is 16.5. The number of aromatic nitrogens is 2. The molecule has 16 heavy (non-hydrogen) atoms. The molecular weight excluding hydrogens is 331 g/mol. The second kappa shape index (κ2) is 5.36. The summed E-state index contributed by atoms with van der Waals surface area (Å²) in [6, 6.07) is 7.52. The molecule has 0 aliphatic carbocycles. The molecule has 2 rings (SSSR count). The van der Waals surface area contributed by atoms with Crippen molar-refractivity contribution in [1.82, 2.24) is 9.97 Å². The standard InChI is InChI=1S/C10H5BrCl2N2S/c11-8-9(13)14-5-15-10(8)16-7-3-1-6(12)2-4-7/h1-5H. The fraction of sp³-hybridized carbons (Fsp3) is 0. The lowest BCUT2D eigenvalue weighted by atomic mass is 10.4. The van der Waals surface area contributed by atoms with Gasteiger partial charge in [-0.2, -0.15) is 0 Å². The maximum Gasteiger partial charge on any atom is 0.147 e. The Hall–Kier alpha value is -0.290. The van der Waals surface area contributed by atoms with Crippen LogP contribution in [0.3, 0.4) is 0 Å². The fourth-order valence-corrected chi connectivity index (χ4v) is 2.56. The van der Waals surface area contributed by atoms with E-state index in [1.165, 1.54) is 18.1 Å². The lowest BCUT2D eigenvalue weighted by molar-refractivity contribution is 1.03. The molecule has 2 aromatic rings. The molecule has 1 heterocycles. The van der Waals surface area contributed by atoms with Crippen LogP contribution in [0.25, 0.3) is 0 Å². The number of benzene rings is 1. The minimum absolute atomic E-state index is 0.409. The van der Waals surface area contributed by atoms with Gasteiger partial charge < -0.3 is 0 Å². The highest BCUT2D eigenvalue weighted by molar-refractivity contribution is 9.10. The summed E-state index contributed by atoms with van der Waals surface area (Å²) < 4.78 is 0.705. The summed E-state index contributed by atoms with van der Waals surface area (Å²) in [6.45, 7) is 0.